The predicted molar refractivity (Wildman–Crippen MR) is 131 cm³/mol. The number of benzene rings is 1. The highest BCUT2D eigenvalue weighted by Gasteiger charge is 2.30. The second-order valence-electron chi connectivity index (χ2n) is 8.25. The lowest BCUT2D eigenvalue weighted by molar-refractivity contribution is -0.141. The Labute approximate surface area is 204 Å². The number of carbonyl (C=O) groups excluding carboxylic acids is 3. The number of hydrogen-bond acceptors (Lipinski definition) is 7. The van der Waals surface area contributed by atoms with Gasteiger partial charge in [0.25, 0.3) is 0 Å². The van der Waals surface area contributed by atoms with Crippen LogP contribution >= 0.6 is 11.8 Å². The van der Waals surface area contributed by atoms with Gasteiger partial charge in [-0.05, 0) is 49.0 Å². The molecule has 0 fully saturated rings. The van der Waals surface area contributed by atoms with E-state index in [0.717, 1.165) is 0 Å². The highest BCUT2D eigenvalue weighted by atomic mass is 32.2. The fraction of sp³-hybridized carbons (Fsp3) is 0.565. The number of nitrogens with two attached hydrogens (primary N) is 1. The number of rotatable bonds is 14. The van der Waals surface area contributed by atoms with Gasteiger partial charge in [-0.3, -0.25) is 19.2 Å². The summed E-state index contributed by atoms with van der Waals surface area (Å²) in [6.45, 7) is 5.08. The maximum absolute atomic E-state index is 13.1. The van der Waals surface area contributed by atoms with E-state index >= 15 is 0 Å². The van der Waals surface area contributed by atoms with Crippen molar-refractivity contribution < 1.29 is 29.4 Å². The number of aliphatic carboxylic acids is 1. The molecule has 1 aromatic carbocycles. The lowest BCUT2D eigenvalue weighted by atomic mass is 9.99. The van der Waals surface area contributed by atoms with E-state index in [0.29, 0.717) is 24.2 Å². The summed E-state index contributed by atoms with van der Waals surface area (Å²) in [5.41, 5.74) is 6.65. The second kappa shape index (κ2) is 14.5. The van der Waals surface area contributed by atoms with Crippen LogP contribution in [0.2, 0.25) is 0 Å². The van der Waals surface area contributed by atoms with Crippen LogP contribution in [-0.2, 0) is 25.6 Å². The van der Waals surface area contributed by atoms with Crippen LogP contribution in [0.1, 0.15) is 39.2 Å². The van der Waals surface area contributed by atoms with E-state index in [1.165, 1.54) is 30.8 Å². The Balaban J connectivity index is 3.06. The highest BCUT2D eigenvalue weighted by Crippen LogP contribution is 2.12. The third kappa shape index (κ3) is 9.60. The molecule has 0 aliphatic heterocycles. The van der Waals surface area contributed by atoms with Gasteiger partial charge in [0, 0.05) is 6.42 Å². The summed E-state index contributed by atoms with van der Waals surface area (Å²) in [7, 11) is 0. The average molecular weight is 497 g/mol. The average Bonchev–Trinajstić information content (AvgIpc) is 2.80. The van der Waals surface area contributed by atoms with Gasteiger partial charge < -0.3 is 31.9 Å². The van der Waals surface area contributed by atoms with Gasteiger partial charge in [-0.15, -0.1) is 0 Å². The van der Waals surface area contributed by atoms with E-state index < -0.39 is 47.9 Å². The molecule has 7 N–H and O–H groups in total. The van der Waals surface area contributed by atoms with Crippen LogP contribution in [0, 0.1) is 5.92 Å². The van der Waals surface area contributed by atoms with Gasteiger partial charge in [0.05, 0.1) is 6.04 Å². The zero-order chi connectivity index (χ0) is 25.8. The number of phenols is 1. The van der Waals surface area contributed by atoms with Gasteiger partial charge in [-0.25, -0.2) is 0 Å². The molecule has 1 rings (SSSR count). The first-order chi connectivity index (χ1) is 16.0. The Hall–Kier alpha value is -2.79. The fourth-order valence-corrected chi connectivity index (χ4v) is 3.48. The minimum absolute atomic E-state index is 0.0470. The third-order valence-corrected chi connectivity index (χ3v) is 6.19. The molecule has 3 amide bonds. The van der Waals surface area contributed by atoms with Crippen LogP contribution in [0.3, 0.4) is 0 Å². The van der Waals surface area contributed by atoms with Crippen molar-refractivity contribution in [2.24, 2.45) is 11.7 Å². The molecule has 1 aromatic rings. The third-order valence-electron chi connectivity index (χ3n) is 5.54. The largest absolute Gasteiger partial charge is 0.508 e. The molecule has 0 aromatic heterocycles. The van der Waals surface area contributed by atoms with Gasteiger partial charge in [-0.1, -0.05) is 32.4 Å². The van der Waals surface area contributed by atoms with Gasteiger partial charge in [0.2, 0.25) is 17.7 Å². The summed E-state index contributed by atoms with van der Waals surface area (Å²) in [6.07, 6.45) is 2.95. The van der Waals surface area contributed by atoms with Crippen molar-refractivity contribution >= 4 is 35.5 Å². The van der Waals surface area contributed by atoms with Crippen molar-refractivity contribution in [1.29, 1.82) is 0 Å². The Kier molecular flexibility index (Phi) is 12.4. The van der Waals surface area contributed by atoms with Crippen molar-refractivity contribution in [2.45, 2.75) is 64.2 Å². The van der Waals surface area contributed by atoms with E-state index in [-0.39, 0.29) is 18.1 Å². The van der Waals surface area contributed by atoms with Crippen LogP contribution in [0.25, 0.3) is 0 Å². The van der Waals surface area contributed by atoms with E-state index in [4.69, 9.17) is 10.8 Å². The number of amides is 3. The maximum atomic E-state index is 13.1. The first-order valence-electron chi connectivity index (χ1n) is 11.2. The molecule has 11 heteroatoms. The van der Waals surface area contributed by atoms with Crippen LogP contribution in [0.5, 0.6) is 5.75 Å². The Morgan fingerprint density at radius 3 is 2.06 bits per heavy atom. The molecule has 10 nitrogen and oxygen atoms in total. The number of nitrogens with one attached hydrogen (secondary N) is 3. The van der Waals surface area contributed by atoms with Crippen molar-refractivity contribution in [2.75, 3.05) is 12.0 Å². The van der Waals surface area contributed by atoms with E-state index in [9.17, 15) is 24.3 Å². The van der Waals surface area contributed by atoms with Crippen molar-refractivity contribution in [3.63, 3.8) is 0 Å². The predicted octanol–water partition coefficient (Wildman–Crippen LogP) is 0.620. The maximum Gasteiger partial charge on any atom is 0.325 e. The molecule has 0 saturated heterocycles. The summed E-state index contributed by atoms with van der Waals surface area (Å²) in [6, 6.07) is 2.14. The number of carboxylic acids is 1. The molecule has 0 spiro atoms. The van der Waals surface area contributed by atoms with Crippen molar-refractivity contribution in [3.05, 3.63) is 29.8 Å². The zero-order valence-corrected chi connectivity index (χ0v) is 20.9. The van der Waals surface area contributed by atoms with Crippen molar-refractivity contribution in [3.8, 4) is 5.75 Å². The minimum atomic E-state index is -1.22. The van der Waals surface area contributed by atoms with Crippen LogP contribution in [0.15, 0.2) is 24.3 Å². The number of aromatic hydroxyl groups is 1. The highest BCUT2D eigenvalue weighted by molar-refractivity contribution is 7.98. The molecule has 0 aliphatic carbocycles. The molecule has 0 aliphatic rings. The van der Waals surface area contributed by atoms with E-state index in [2.05, 4.69) is 16.0 Å². The number of thioether (sulfide) groups is 1. The number of carboxylic acid groups (broad SMARTS) is 1. The molecule has 34 heavy (non-hydrogen) atoms. The van der Waals surface area contributed by atoms with Gasteiger partial charge >= 0.3 is 5.97 Å². The zero-order valence-electron chi connectivity index (χ0n) is 20.0. The van der Waals surface area contributed by atoms with Crippen LogP contribution in [0.4, 0.5) is 0 Å². The monoisotopic (exact) mass is 496 g/mol. The van der Waals surface area contributed by atoms with Crippen molar-refractivity contribution in [1.82, 2.24) is 16.0 Å². The molecule has 0 bridgehead atoms. The molecule has 5 atom stereocenters. The Morgan fingerprint density at radius 2 is 1.53 bits per heavy atom. The smallest absolute Gasteiger partial charge is 0.325 e. The molecule has 5 unspecified atom stereocenters. The summed E-state index contributed by atoms with van der Waals surface area (Å²) in [5.74, 6) is -2.35. The molecule has 0 radical (unpaired) electrons. The summed E-state index contributed by atoms with van der Waals surface area (Å²) >= 11 is 1.50. The van der Waals surface area contributed by atoms with E-state index in [1.807, 2.05) is 20.1 Å². The standard InChI is InChI=1S/C23H36N4O6S/c1-5-13(2)19(24)22(31)26-17(10-11-34-4)20(29)27-18(21(30)25-14(3)23(32)33)12-15-6-8-16(28)9-7-15/h6-9,13-14,17-19,28H,5,10-12,24H2,1-4H3,(H,25,30)(H,26,31)(H,27,29)(H,32,33). The molecule has 0 saturated carbocycles. The lowest BCUT2D eigenvalue weighted by Gasteiger charge is -2.26. The first kappa shape index (κ1) is 29.2. The van der Waals surface area contributed by atoms with Gasteiger partial charge in [-0.2, -0.15) is 11.8 Å². The number of hydrogen-bond donors (Lipinski definition) is 6. The topological polar surface area (TPSA) is 171 Å². The first-order valence-corrected chi connectivity index (χ1v) is 12.6. The summed E-state index contributed by atoms with van der Waals surface area (Å²) in [4.78, 5) is 49.7. The minimum Gasteiger partial charge on any atom is -0.508 e. The fourth-order valence-electron chi connectivity index (χ4n) is 3.01. The lowest BCUT2D eigenvalue weighted by Crippen LogP contribution is -2.58. The van der Waals surface area contributed by atoms with Crippen LogP contribution < -0.4 is 21.7 Å². The molecular weight excluding hydrogens is 460 g/mol. The second-order valence-corrected chi connectivity index (χ2v) is 9.24. The Bertz CT molecular complexity index is 835. The molecular formula is C23H36N4O6S. The SMILES string of the molecule is CCC(C)C(N)C(=O)NC(CCSC)C(=O)NC(Cc1ccc(O)cc1)C(=O)NC(C)C(=O)O. The van der Waals surface area contributed by atoms with E-state index in [1.54, 1.807) is 12.1 Å². The summed E-state index contributed by atoms with van der Waals surface area (Å²) < 4.78 is 0. The number of carbonyl (C=O) groups is 4. The number of phenolic OH excluding ortho intramolecular Hbond substituents is 1. The van der Waals surface area contributed by atoms with Gasteiger partial charge in [0.1, 0.15) is 23.9 Å². The summed E-state index contributed by atoms with van der Waals surface area (Å²) in [5, 5.41) is 26.3. The normalized spacial score (nSPS) is 15.3. The quantitative estimate of drug-likeness (QED) is 0.218. The van der Waals surface area contributed by atoms with Crippen LogP contribution in [-0.4, -0.2) is 70.1 Å². The van der Waals surface area contributed by atoms with Gasteiger partial charge in [0.15, 0.2) is 0 Å². The molecule has 190 valence electrons. The molecule has 0 heterocycles. The Morgan fingerprint density at radius 1 is 0.971 bits per heavy atom.